The topological polar surface area (TPSA) is 72.6 Å². The highest BCUT2D eigenvalue weighted by atomic mass is 19.4. The molecule has 34 heavy (non-hydrogen) atoms. The second-order valence-electron chi connectivity index (χ2n) is 8.17. The van der Waals surface area contributed by atoms with Crippen molar-refractivity contribution in [2.45, 2.75) is 38.2 Å². The van der Waals surface area contributed by atoms with Crippen molar-refractivity contribution in [2.24, 2.45) is 5.73 Å². The van der Waals surface area contributed by atoms with Gasteiger partial charge >= 0.3 is 6.18 Å². The number of hydrogen-bond acceptors (Lipinski definition) is 3. The lowest BCUT2D eigenvalue weighted by molar-refractivity contribution is -0.138. The number of carbonyl (C=O) groups excluding carboxylic acids is 2. The summed E-state index contributed by atoms with van der Waals surface area (Å²) in [5.74, 6) is -0.618. The molecule has 8 heteroatoms. The Morgan fingerprint density at radius 1 is 0.971 bits per heavy atom. The largest absolute Gasteiger partial charge is 0.488 e. The number of para-hydroxylation sites is 1. The summed E-state index contributed by atoms with van der Waals surface area (Å²) in [6, 6.07) is 18.6. The van der Waals surface area contributed by atoms with Gasteiger partial charge in [0.2, 0.25) is 0 Å². The van der Waals surface area contributed by atoms with Crippen LogP contribution in [0.2, 0.25) is 0 Å². The molecule has 0 spiro atoms. The van der Waals surface area contributed by atoms with Crippen molar-refractivity contribution >= 4 is 11.8 Å². The first-order valence-electron chi connectivity index (χ1n) is 10.8. The van der Waals surface area contributed by atoms with Crippen LogP contribution in [-0.2, 0) is 19.3 Å². The van der Waals surface area contributed by atoms with Crippen LogP contribution in [0.15, 0.2) is 72.8 Å². The van der Waals surface area contributed by atoms with E-state index < -0.39 is 17.6 Å². The Morgan fingerprint density at radius 3 is 2.38 bits per heavy atom. The molecule has 1 aliphatic carbocycles. The Bertz CT molecular complexity index is 1210. The summed E-state index contributed by atoms with van der Waals surface area (Å²) in [6.07, 6.45) is -2.98. The van der Waals surface area contributed by atoms with Gasteiger partial charge in [-0.15, -0.1) is 0 Å². The van der Waals surface area contributed by atoms with Crippen molar-refractivity contribution in [1.82, 2.24) is 4.90 Å². The van der Waals surface area contributed by atoms with Gasteiger partial charge in [0, 0.05) is 18.2 Å². The van der Waals surface area contributed by atoms with Crippen LogP contribution in [0.4, 0.5) is 13.2 Å². The minimum atomic E-state index is -4.49. The third kappa shape index (κ3) is 5.39. The van der Waals surface area contributed by atoms with Gasteiger partial charge in [0.05, 0.1) is 11.1 Å². The van der Waals surface area contributed by atoms with E-state index in [9.17, 15) is 22.8 Å². The van der Waals surface area contributed by atoms with Crippen molar-refractivity contribution in [3.63, 3.8) is 0 Å². The zero-order chi connectivity index (χ0) is 24.3. The van der Waals surface area contributed by atoms with E-state index in [1.54, 1.807) is 54.6 Å². The Kier molecular flexibility index (Phi) is 6.58. The molecule has 4 rings (SSSR count). The summed E-state index contributed by atoms with van der Waals surface area (Å²) in [5, 5.41) is 0. The van der Waals surface area contributed by atoms with Gasteiger partial charge in [0.1, 0.15) is 12.4 Å². The smallest absolute Gasteiger partial charge is 0.416 e. The van der Waals surface area contributed by atoms with Crippen LogP contribution in [-0.4, -0.2) is 22.8 Å². The fourth-order valence-corrected chi connectivity index (χ4v) is 3.79. The number of alkyl halides is 3. The van der Waals surface area contributed by atoms with E-state index in [0.717, 1.165) is 18.9 Å². The van der Waals surface area contributed by atoms with Crippen LogP contribution in [0.1, 0.15) is 50.2 Å². The normalized spacial score (nSPS) is 13.4. The molecule has 0 saturated heterocycles. The first-order valence-corrected chi connectivity index (χ1v) is 10.8. The van der Waals surface area contributed by atoms with E-state index in [1.165, 1.54) is 17.0 Å². The molecule has 0 aliphatic heterocycles. The van der Waals surface area contributed by atoms with Crippen molar-refractivity contribution in [3.05, 3.63) is 101 Å². The van der Waals surface area contributed by atoms with Crippen LogP contribution in [0.25, 0.3) is 0 Å². The average Bonchev–Trinajstić information content (AvgIpc) is 3.66. The molecule has 2 amide bonds. The first-order chi connectivity index (χ1) is 16.2. The third-order valence-corrected chi connectivity index (χ3v) is 5.63. The van der Waals surface area contributed by atoms with Gasteiger partial charge in [0.25, 0.3) is 11.8 Å². The second kappa shape index (κ2) is 9.59. The first kappa shape index (κ1) is 23.4. The lowest BCUT2D eigenvalue weighted by Gasteiger charge is -2.25. The van der Waals surface area contributed by atoms with E-state index in [-0.39, 0.29) is 36.2 Å². The zero-order valence-electron chi connectivity index (χ0n) is 18.2. The lowest BCUT2D eigenvalue weighted by Crippen LogP contribution is -2.33. The van der Waals surface area contributed by atoms with Gasteiger partial charge in [-0.25, -0.2) is 0 Å². The van der Waals surface area contributed by atoms with Gasteiger partial charge in [-0.2, -0.15) is 13.2 Å². The summed E-state index contributed by atoms with van der Waals surface area (Å²) in [7, 11) is 0. The number of hydrogen-bond donors (Lipinski definition) is 1. The standard InChI is InChI=1S/C26H23F3N2O3/c27-26(28,29)22-10-3-1-7-19(22)15-31(20-12-13-20)25(33)18-8-5-6-17(14-18)16-34-23-11-4-2-9-21(23)24(30)32/h1-11,14,20H,12-13,15-16H2,(H2,30,32). The molecular formula is C26H23F3N2O3. The maximum absolute atomic E-state index is 13.4. The molecule has 0 atom stereocenters. The molecule has 2 N–H and O–H groups in total. The number of rotatable bonds is 8. The highest BCUT2D eigenvalue weighted by Crippen LogP contribution is 2.35. The SMILES string of the molecule is NC(=O)c1ccccc1OCc1cccc(C(=O)N(Cc2ccccc2C(F)(F)F)C2CC2)c1. The molecular weight excluding hydrogens is 445 g/mol. The van der Waals surface area contributed by atoms with Crippen LogP contribution in [0.3, 0.4) is 0 Å². The fourth-order valence-electron chi connectivity index (χ4n) is 3.79. The van der Waals surface area contributed by atoms with Gasteiger partial charge in [-0.05, 0) is 54.3 Å². The second-order valence-corrected chi connectivity index (χ2v) is 8.17. The lowest BCUT2D eigenvalue weighted by atomic mass is 10.1. The highest BCUT2D eigenvalue weighted by Gasteiger charge is 2.37. The van der Waals surface area contributed by atoms with E-state index in [2.05, 4.69) is 0 Å². The maximum atomic E-state index is 13.4. The predicted octanol–water partition coefficient (Wildman–Crippen LogP) is 5.19. The number of primary amides is 1. The molecule has 1 saturated carbocycles. The van der Waals surface area contributed by atoms with Crippen molar-refractivity contribution < 1.29 is 27.5 Å². The van der Waals surface area contributed by atoms with E-state index >= 15 is 0 Å². The van der Waals surface area contributed by atoms with E-state index in [4.69, 9.17) is 10.5 Å². The fraction of sp³-hybridized carbons (Fsp3) is 0.231. The highest BCUT2D eigenvalue weighted by molar-refractivity contribution is 5.96. The number of nitrogens with two attached hydrogens (primary N) is 1. The van der Waals surface area contributed by atoms with Crippen LogP contribution < -0.4 is 10.5 Å². The molecule has 0 aromatic heterocycles. The number of nitrogens with zero attached hydrogens (tertiary/aromatic N) is 1. The number of amides is 2. The van der Waals surface area contributed by atoms with E-state index in [0.29, 0.717) is 16.9 Å². The number of halogens is 3. The molecule has 3 aromatic rings. The average molecular weight is 468 g/mol. The molecule has 0 radical (unpaired) electrons. The van der Waals surface area contributed by atoms with Crippen LogP contribution in [0, 0.1) is 0 Å². The molecule has 0 heterocycles. The van der Waals surface area contributed by atoms with Gasteiger partial charge < -0.3 is 15.4 Å². The van der Waals surface area contributed by atoms with Gasteiger partial charge in [-0.1, -0.05) is 42.5 Å². The Morgan fingerprint density at radius 2 is 1.68 bits per heavy atom. The van der Waals surface area contributed by atoms with Crippen molar-refractivity contribution in [2.75, 3.05) is 0 Å². The molecule has 1 aliphatic rings. The summed E-state index contributed by atoms with van der Waals surface area (Å²) in [4.78, 5) is 26.4. The zero-order valence-corrected chi connectivity index (χ0v) is 18.2. The minimum absolute atomic E-state index is 0.0674. The van der Waals surface area contributed by atoms with Crippen molar-refractivity contribution in [3.8, 4) is 5.75 Å². The monoisotopic (exact) mass is 468 g/mol. The van der Waals surface area contributed by atoms with Crippen LogP contribution >= 0.6 is 0 Å². The third-order valence-electron chi connectivity index (χ3n) is 5.63. The number of carbonyl (C=O) groups is 2. The Labute approximate surface area is 194 Å². The van der Waals surface area contributed by atoms with E-state index in [1.807, 2.05) is 0 Å². The molecule has 1 fully saturated rings. The number of ether oxygens (including phenoxy) is 1. The van der Waals surface area contributed by atoms with Gasteiger partial charge in [-0.3, -0.25) is 9.59 Å². The molecule has 0 unspecified atom stereocenters. The molecule has 0 bridgehead atoms. The maximum Gasteiger partial charge on any atom is 0.416 e. The molecule has 176 valence electrons. The Balaban J connectivity index is 1.53. The Hall–Kier alpha value is -3.81. The molecule has 3 aromatic carbocycles. The van der Waals surface area contributed by atoms with Crippen molar-refractivity contribution in [1.29, 1.82) is 0 Å². The molecule has 5 nitrogen and oxygen atoms in total. The summed E-state index contributed by atoms with van der Waals surface area (Å²) >= 11 is 0. The summed E-state index contributed by atoms with van der Waals surface area (Å²) in [5.41, 5.74) is 6.00. The summed E-state index contributed by atoms with van der Waals surface area (Å²) < 4.78 is 46.1. The number of benzene rings is 3. The summed E-state index contributed by atoms with van der Waals surface area (Å²) in [6.45, 7) is -0.0301. The van der Waals surface area contributed by atoms with Gasteiger partial charge in [0.15, 0.2) is 0 Å². The predicted molar refractivity (Wildman–Crippen MR) is 120 cm³/mol. The van der Waals surface area contributed by atoms with Crippen LogP contribution in [0.5, 0.6) is 5.75 Å². The minimum Gasteiger partial charge on any atom is -0.488 e. The quantitative estimate of drug-likeness (QED) is 0.495.